The summed E-state index contributed by atoms with van der Waals surface area (Å²) in [6, 6.07) is 11.6. The molecule has 0 radical (unpaired) electrons. The minimum atomic E-state index is -3.40. The van der Waals surface area contributed by atoms with Crippen LogP contribution in [0.15, 0.2) is 48.5 Å². The van der Waals surface area contributed by atoms with E-state index in [9.17, 15) is 22.4 Å². The number of aryl methyl sites for hydroxylation is 1. The zero-order valence-corrected chi connectivity index (χ0v) is 15.8. The second-order valence-corrected chi connectivity index (χ2v) is 7.82. The van der Waals surface area contributed by atoms with Crippen LogP contribution in [0, 0.1) is 5.82 Å². The van der Waals surface area contributed by atoms with E-state index in [1.165, 1.54) is 43.3 Å². The van der Waals surface area contributed by atoms with Gasteiger partial charge in [0.25, 0.3) is 0 Å². The number of ketones is 1. The SMILES string of the molecule is C[C@H](OC(=O)CCc1ccc(F)cc1)C(=O)c1ccc(NS(C)(=O)=O)cc1. The smallest absolute Gasteiger partial charge is 0.306 e. The van der Waals surface area contributed by atoms with Crippen LogP contribution in [0.1, 0.15) is 29.3 Å². The molecule has 1 atom stereocenters. The van der Waals surface area contributed by atoms with Gasteiger partial charge in [-0.05, 0) is 55.3 Å². The number of carbonyl (C=O) groups is 2. The minimum Gasteiger partial charge on any atom is -0.454 e. The zero-order chi connectivity index (χ0) is 20.0. The molecule has 0 saturated heterocycles. The molecular weight excluding hydrogens is 373 g/mol. The number of Topliss-reactive ketones (excluding diaryl/α,β-unsaturated/α-hetero) is 1. The fourth-order valence-electron chi connectivity index (χ4n) is 2.36. The first-order chi connectivity index (χ1) is 12.6. The van der Waals surface area contributed by atoms with Gasteiger partial charge >= 0.3 is 5.97 Å². The van der Waals surface area contributed by atoms with Crippen molar-refractivity contribution in [1.29, 1.82) is 0 Å². The van der Waals surface area contributed by atoms with Crippen molar-refractivity contribution in [2.75, 3.05) is 11.0 Å². The van der Waals surface area contributed by atoms with Crippen LogP contribution in [-0.2, 0) is 26.0 Å². The number of halogens is 1. The van der Waals surface area contributed by atoms with Gasteiger partial charge in [0, 0.05) is 17.7 Å². The number of hydrogen-bond acceptors (Lipinski definition) is 5. The van der Waals surface area contributed by atoms with Gasteiger partial charge in [-0.3, -0.25) is 14.3 Å². The van der Waals surface area contributed by atoms with Crippen molar-refractivity contribution in [3.8, 4) is 0 Å². The maximum Gasteiger partial charge on any atom is 0.306 e. The molecule has 0 spiro atoms. The summed E-state index contributed by atoms with van der Waals surface area (Å²) >= 11 is 0. The fourth-order valence-corrected chi connectivity index (χ4v) is 2.92. The van der Waals surface area contributed by atoms with Gasteiger partial charge in [0.1, 0.15) is 5.82 Å². The van der Waals surface area contributed by atoms with E-state index in [4.69, 9.17) is 4.74 Å². The third-order valence-corrected chi connectivity index (χ3v) is 4.29. The van der Waals surface area contributed by atoms with Crippen molar-refractivity contribution in [2.24, 2.45) is 0 Å². The highest BCUT2D eigenvalue weighted by molar-refractivity contribution is 7.92. The first-order valence-corrected chi connectivity index (χ1v) is 10.1. The third kappa shape index (κ3) is 6.82. The summed E-state index contributed by atoms with van der Waals surface area (Å²) in [7, 11) is -3.40. The number of sulfonamides is 1. The molecule has 0 fully saturated rings. The molecule has 8 heteroatoms. The molecule has 2 rings (SSSR count). The highest BCUT2D eigenvalue weighted by Gasteiger charge is 2.19. The molecule has 0 unspecified atom stereocenters. The van der Waals surface area contributed by atoms with E-state index in [0.29, 0.717) is 17.7 Å². The molecule has 0 aliphatic heterocycles. The van der Waals surface area contributed by atoms with Crippen LogP contribution in [0.2, 0.25) is 0 Å². The predicted molar refractivity (Wildman–Crippen MR) is 99.5 cm³/mol. The monoisotopic (exact) mass is 393 g/mol. The highest BCUT2D eigenvalue weighted by atomic mass is 32.2. The van der Waals surface area contributed by atoms with Crippen molar-refractivity contribution in [3.63, 3.8) is 0 Å². The molecule has 2 aromatic rings. The third-order valence-electron chi connectivity index (χ3n) is 3.68. The van der Waals surface area contributed by atoms with Crippen molar-refractivity contribution >= 4 is 27.5 Å². The Morgan fingerprint density at radius 1 is 1.07 bits per heavy atom. The van der Waals surface area contributed by atoms with Gasteiger partial charge in [-0.15, -0.1) is 0 Å². The van der Waals surface area contributed by atoms with E-state index in [1.807, 2.05) is 0 Å². The Labute approximate surface area is 157 Å². The maximum atomic E-state index is 12.9. The number of hydrogen-bond donors (Lipinski definition) is 1. The van der Waals surface area contributed by atoms with Crippen molar-refractivity contribution in [1.82, 2.24) is 0 Å². The molecule has 0 aliphatic carbocycles. The van der Waals surface area contributed by atoms with Crippen molar-refractivity contribution < 1.29 is 27.1 Å². The van der Waals surface area contributed by atoms with Crippen LogP contribution in [-0.4, -0.2) is 32.5 Å². The average molecular weight is 393 g/mol. The Bertz CT molecular complexity index is 908. The van der Waals surface area contributed by atoms with E-state index in [2.05, 4.69) is 4.72 Å². The van der Waals surface area contributed by atoms with E-state index >= 15 is 0 Å². The van der Waals surface area contributed by atoms with Gasteiger partial charge in [-0.25, -0.2) is 12.8 Å². The van der Waals surface area contributed by atoms with Gasteiger partial charge < -0.3 is 4.74 Å². The van der Waals surface area contributed by atoms with E-state index in [-0.39, 0.29) is 12.2 Å². The molecule has 6 nitrogen and oxygen atoms in total. The predicted octanol–water partition coefficient (Wildman–Crippen LogP) is 2.94. The number of nitrogens with one attached hydrogen (secondary N) is 1. The molecule has 0 aliphatic rings. The van der Waals surface area contributed by atoms with Crippen molar-refractivity contribution in [2.45, 2.75) is 25.9 Å². The standard InChI is InChI=1S/C19H20FNO5S/c1-13(26-18(22)12-5-14-3-8-16(20)9-4-14)19(23)15-6-10-17(11-7-15)21-27(2,24)25/h3-4,6-11,13,21H,5,12H2,1-2H3/t13-/m0/s1. The summed E-state index contributed by atoms with van der Waals surface area (Å²) in [6.45, 7) is 1.47. The van der Waals surface area contributed by atoms with Crippen LogP contribution in [0.25, 0.3) is 0 Å². The van der Waals surface area contributed by atoms with Gasteiger partial charge in [-0.1, -0.05) is 12.1 Å². The molecule has 2 aromatic carbocycles. The van der Waals surface area contributed by atoms with Crippen LogP contribution in [0.5, 0.6) is 0 Å². The molecule has 1 N–H and O–H groups in total. The summed E-state index contributed by atoms with van der Waals surface area (Å²) in [5.74, 6) is -1.27. The summed E-state index contributed by atoms with van der Waals surface area (Å²) in [5, 5.41) is 0. The Kier molecular flexibility index (Phi) is 6.68. The molecule has 144 valence electrons. The first kappa shape index (κ1) is 20.6. The van der Waals surface area contributed by atoms with Crippen molar-refractivity contribution in [3.05, 3.63) is 65.5 Å². The van der Waals surface area contributed by atoms with E-state index < -0.39 is 27.9 Å². The largest absolute Gasteiger partial charge is 0.454 e. The topological polar surface area (TPSA) is 89.5 Å². The van der Waals surface area contributed by atoms with Crippen LogP contribution < -0.4 is 4.72 Å². The molecule has 0 bridgehead atoms. The zero-order valence-electron chi connectivity index (χ0n) is 14.9. The number of esters is 1. The number of ether oxygens (including phenoxy) is 1. The van der Waals surface area contributed by atoms with Gasteiger partial charge in [0.15, 0.2) is 6.10 Å². The minimum absolute atomic E-state index is 0.0699. The summed E-state index contributed by atoms with van der Waals surface area (Å²) in [5.41, 5.74) is 1.42. The average Bonchev–Trinajstić information content (AvgIpc) is 2.60. The molecule has 27 heavy (non-hydrogen) atoms. The molecular formula is C19H20FNO5S. The quantitative estimate of drug-likeness (QED) is 0.550. The number of rotatable bonds is 8. The lowest BCUT2D eigenvalue weighted by molar-refractivity contribution is -0.146. The second-order valence-electron chi connectivity index (χ2n) is 6.07. The van der Waals surface area contributed by atoms with Crippen LogP contribution in [0.3, 0.4) is 0 Å². The fraction of sp³-hybridized carbons (Fsp3) is 0.263. The summed E-state index contributed by atoms with van der Waals surface area (Å²) < 4.78 is 42.6. The molecule has 0 amide bonds. The number of carbonyl (C=O) groups excluding carboxylic acids is 2. The Morgan fingerprint density at radius 3 is 2.22 bits per heavy atom. The molecule has 0 saturated carbocycles. The summed E-state index contributed by atoms with van der Waals surface area (Å²) in [4.78, 5) is 24.2. The van der Waals surface area contributed by atoms with Crippen LogP contribution in [0.4, 0.5) is 10.1 Å². The normalized spacial score (nSPS) is 12.3. The summed E-state index contributed by atoms with van der Waals surface area (Å²) in [6.07, 6.45) is 0.505. The van der Waals surface area contributed by atoms with Gasteiger partial charge in [0.05, 0.1) is 6.26 Å². The van der Waals surface area contributed by atoms with E-state index in [1.54, 1.807) is 12.1 Å². The lowest BCUT2D eigenvalue weighted by atomic mass is 10.1. The van der Waals surface area contributed by atoms with Gasteiger partial charge in [0.2, 0.25) is 15.8 Å². The van der Waals surface area contributed by atoms with E-state index in [0.717, 1.165) is 11.8 Å². The maximum absolute atomic E-state index is 12.9. The highest BCUT2D eigenvalue weighted by Crippen LogP contribution is 2.14. The Morgan fingerprint density at radius 2 is 1.67 bits per heavy atom. The number of anilines is 1. The van der Waals surface area contributed by atoms with Gasteiger partial charge in [-0.2, -0.15) is 0 Å². The lowest BCUT2D eigenvalue weighted by Crippen LogP contribution is -2.24. The second kappa shape index (κ2) is 8.77. The molecule has 0 aromatic heterocycles. The Hall–Kier alpha value is -2.74. The van der Waals surface area contributed by atoms with Crippen LogP contribution >= 0.6 is 0 Å². The molecule has 0 heterocycles. The Balaban J connectivity index is 1.88. The lowest BCUT2D eigenvalue weighted by Gasteiger charge is -2.13. The number of benzene rings is 2. The first-order valence-electron chi connectivity index (χ1n) is 8.20.